The van der Waals surface area contributed by atoms with E-state index in [1.54, 1.807) is 27.7 Å². The molecule has 2 atom stereocenters. The van der Waals surface area contributed by atoms with Gasteiger partial charge in [0.15, 0.2) is 0 Å². The Morgan fingerprint density at radius 3 is 1.95 bits per heavy atom. The van der Waals surface area contributed by atoms with E-state index in [0.717, 1.165) is 0 Å². The van der Waals surface area contributed by atoms with Crippen LogP contribution in [0.3, 0.4) is 0 Å². The summed E-state index contributed by atoms with van der Waals surface area (Å²) >= 11 is 0. The van der Waals surface area contributed by atoms with Crippen molar-refractivity contribution in [3.8, 4) is 0 Å². The molecule has 0 saturated carbocycles. The highest BCUT2D eigenvalue weighted by Gasteiger charge is 2.29. The number of hydrogen-bond donors (Lipinski definition) is 1. The van der Waals surface area contributed by atoms with Gasteiger partial charge in [0.05, 0.1) is 20.1 Å². The number of esters is 2. The lowest BCUT2D eigenvalue weighted by Crippen LogP contribution is -2.45. The Morgan fingerprint density at radius 2 is 1.55 bits per heavy atom. The van der Waals surface area contributed by atoms with E-state index in [1.165, 1.54) is 14.2 Å². The molecule has 0 aliphatic heterocycles. The minimum Gasteiger partial charge on any atom is -0.469 e. The van der Waals surface area contributed by atoms with Gasteiger partial charge in [-0.3, -0.25) is 4.79 Å². The fourth-order valence-electron chi connectivity index (χ4n) is 1.46. The molecule has 0 aliphatic rings. The van der Waals surface area contributed by atoms with E-state index in [4.69, 9.17) is 4.74 Å². The monoisotopic (exact) mass is 289 g/mol. The zero-order valence-electron chi connectivity index (χ0n) is 12.8. The quantitative estimate of drug-likeness (QED) is 0.605. The molecular formula is C13H23NO6. The average Bonchev–Trinajstić information content (AvgIpc) is 2.33. The minimum atomic E-state index is -0.969. The number of carbonyl (C=O) groups is 3. The summed E-state index contributed by atoms with van der Waals surface area (Å²) in [5, 5.41) is 2.39. The summed E-state index contributed by atoms with van der Waals surface area (Å²) in [6, 6.07) is -0.969. The summed E-state index contributed by atoms with van der Waals surface area (Å²) in [4.78, 5) is 34.6. The normalized spacial score (nSPS) is 13.9. The molecule has 0 heterocycles. The van der Waals surface area contributed by atoms with E-state index in [2.05, 4.69) is 14.8 Å². The Morgan fingerprint density at radius 1 is 1.05 bits per heavy atom. The van der Waals surface area contributed by atoms with Crippen LogP contribution < -0.4 is 5.32 Å². The van der Waals surface area contributed by atoms with Crippen LogP contribution in [0.2, 0.25) is 0 Å². The number of ether oxygens (including phenoxy) is 3. The molecule has 7 heteroatoms. The van der Waals surface area contributed by atoms with Gasteiger partial charge >= 0.3 is 18.0 Å². The predicted molar refractivity (Wildman–Crippen MR) is 71.0 cm³/mol. The summed E-state index contributed by atoms with van der Waals surface area (Å²) in [6.45, 7) is 6.71. The van der Waals surface area contributed by atoms with E-state index < -0.39 is 35.6 Å². The number of nitrogens with one attached hydrogen (secondary N) is 1. The lowest BCUT2D eigenvalue weighted by atomic mass is 10.0. The number of methoxy groups -OCH3 is 2. The molecule has 0 spiro atoms. The molecule has 1 N–H and O–H groups in total. The molecule has 0 saturated heterocycles. The molecule has 1 unspecified atom stereocenters. The van der Waals surface area contributed by atoms with Gasteiger partial charge in [0.1, 0.15) is 11.6 Å². The van der Waals surface area contributed by atoms with Crippen LogP contribution in [0.1, 0.15) is 34.1 Å². The first-order chi connectivity index (χ1) is 9.10. The Labute approximate surface area is 118 Å². The molecule has 0 fully saturated rings. The molecule has 0 radical (unpaired) electrons. The highest BCUT2D eigenvalue weighted by atomic mass is 16.6. The number of carbonyl (C=O) groups excluding carboxylic acids is 3. The third-order valence-corrected chi connectivity index (χ3v) is 2.37. The lowest BCUT2D eigenvalue weighted by Gasteiger charge is -2.23. The van der Waals surface area contributed by atoms with Crippen molar-refractivity contribution in [1.82, 2.24) is 5.32 Å². The Kier molecular flexibility index (Phi) is 7.02. The van der Waals surface area contributed by atoms with Crippen LogP contribution in [-0.4, -0.2) is 43.9 Å². The van der Waals surface area contributed by atoms with Crippen LogP contribution in [0.4, 0.5) is 4.79 Å². The van der Waals surface area contributed by atoms with Gasteiger partial charge in [-0.2, -0.15) is 0 Å². The second kappa shape index (κ2) is 7.72. The summed E-state index contributed by atoms with van der Waals surface area (Å²) < 4.78 is 14.2. The Balaban J connectivity index is 4.70. The van der Waals surface area contributed by atoms with Crippen molar-refractivity contribution in [2.24, 2.45) is 5.92 Å². The van der Waals surface area contributed by atoms with Crippen LogP contribution in [0.25, 0.3) is 0 Å². The topological polar surface area (TPSA) is 90.9 Å². The third kappa shape index (κ3) is 6.96. The highest BCUT2D eigenvalue weighted by molar-refractivity contribution is 5.82. The summed E-state index contributed by atoms with van der Waals surface area (Å²) in [7, 11) is 2.46. The van der Waals surface area contributed by atoms with Gasteiger partial charge < -0.3 is 19.5 Å². The second-order valence-corrected chi connectivity index (χ2v) is 5.38. The zero-order chi connectivity index (χ0) is 15.9. The van der Waals surface area contributed by atoms with Gasteiger partial charge in [-0.05, 0) is 27.2 Å². The molecular weight excluding hydrogens is 266 g/mol. The van der Waals surface area contributed by atoms with Gasteiger partial charge in [-0.25, -0.2) is 9.59 Å². The standard InChI is InChI=1S/C13H23NO6/c1-8(10(15)18-5)7-9(11(16)19-6)14-12(17)20-13(2,3)4/h8-9H,7H2,1-6H3,(H,14,17)/t8-,9?/m0/s1. The number of rotatable bonds is 5. The minimum absolute atomic E-state index is 0.0680. The Bertz CT molecular complexity index is 360. The summed E-state index contributed by atoms with van der Waals surface area (Å²) in [5.74, 6) is -1.67. The molecule has 7 nitrogen and oxygen atoms in total. The van der Waals surface area contributed by atoms with Gasteiger partial charge in [-0.1, -0.05) is 6.92 Å². The first-order valence-corrected chi connectivity index (χ1v) is 6.26. The SMILES string of the molecule is COC(=O)C(C[C@H](C)C(=O)OC)NC(=O)OC(C)(C)C. The van der Waals surface area contributed by atoms with Gasteiger partial charge in [0, 0.05) is 0 Å². The predicted octanol–water partition coefficient (Wildman–Crippen LogP) is 1.25. The average molecular weight is 289 g/mol. The van der Waals surface area contributed by atoms with E-state index in [9.17, 15) is 14.4 Å². The van der Waals surface area contributed by atoms with Crippen molar-refractivity contribution in [2.75, 3.05) is 14.2 Å². The van der Waals surface area contributed by atoms with E-state index in [-0.39, 0.29) is 6.42 Å². The Hall–Kier alpha value is -1.79. The molecule has 0 aromatic carbocycles. The summed E-state index contributed by atoms with van der Waals surface area (Å²) in [5.41, 5.74) is -0.682. The zero-order valence-corrected chi connectivity index (χ0v) is 12.8. The molecule has 1 amide bonds. The molecule has 0 rings (SSSR count). The first kappa shape index (κ1) is 18.2. The van der Waals surface area contributed by atoms with Crippen molar-refractivity contribution >= 4 is 18.0 Å². The van der Waals surface area contributed by atoms with E-state index in [1.807, 2.05) is 0 Å². The first-order valence-electron chi connectivity index (χ1n) is 6.26. The maximum Gasteiger partial charge on any atom is 0.408 e. The second-order valence-electron chi connectivity index (χ2n) is 5.38. The molecule has 0 aliphatic carbocycles. The van der Waals surface area contributed by atoms with Crippen molar-refractivity contribution in [2.45, 2.75) is 45.8 Å². The van der Waals surface area contributed by atoms with Crippen LogP contribution >= 0.6 is 0 Å². The molecule has 0 bridgehead atoms. The van der Waals surface area contributed by atoms with Crippen molar-refractivity contribution in [3.63, 3.8) is 0 Å². The van der Waals surface area contributed by atoms with Crippen molar-refractivity contribution < 1.29 is 28.6 Å². The van der Waals surface area contributed by atoms with Crippen molar-refractivity contribution in [3.05, 3.63) is 0 Å². The fourth-order valence-corrected chi connectivity index (χ4v) is 1.46. The number of amides is 1. The maximum atomic E-state index is 11.7. The largest absolute Gasteiger partial charge is 0.469 e. The van der Waals surface area contributed by atoms with Crippen molar-refractivity contribution in [1.29, 1.82) is 0 Å². The smallest absolute Gasteiger partial charge is 0.408 e. The molecule has 116 valence electrons. The van der Waals surface area contributed by atoms with Gasteiger partial charge in [0.2, 0.25) is 0 Å². The van der Waals surface area contributed by atoms with Crippen LogP contribution in [0.15, 0.2) is 0 Å². The third-order valence-electron chi connectivity index (χ3n) is 2.37. The van der Waals surface area contributed by atoms with Crippen LogP contribution in [0, 0.1) is 5.92 Å². The summed E-state index contributed by atoms with van der Waals surface area (Å²) in [6.07, 6.45) is -0.677. The maximum absolute atomic E-state index is 11.7. The number of hydrogen-bond acceptors (Lipinski definition) is 6. The van der Waals surface area contributed by atoms with Crippen LogP contribution in [-0.2, 0) is 23.8 Å². The van der Waals surface area contributed by atoms with E-state index in [0.29, 0.717) is 0 Å². The van der Waals surface area contributed by atoms with Gasteiger partial charge in [0.25, 0.3) is 0 Å². The highest BCUT2D eigenvalue weighted by Crippen LogP contribution is 2.11. The van der Waals surface area contributed by atoms with Gasteiger partial charge in [-0.15, -0.1) is 0 Å². The van der Waals surface area contributed by atoms with E-state index >= 15 is 0 Å². The fraction of sp³-hybridized carbons (Fsp3) is 0.769. The molecule has 0 aromatic heterocycles. The lowest BCUT2D eigenvalue weighted by molar-refractivity contribution is -0.147. The van der Waals surface area contributed by atoms with Crippen LogP contribution in [0.5, 0.6) is 0 Å². The molecule has 20 heavy (non-hydrogen) atoms. The number of alkyl carbamates (subject to hydrolysis) is 1. The molecule has 0 aromatic rings.